The lowest BCUT2D eigenvalue weighted by Crippen LogP contribution is -2.44. The zero-order chi connectivity index (χ0) is 20.0. The molecular weight excluding hydrogens is 362 g/mol. The van der Waals surface area contributed by atoms with Crippen LogP contribution in [0.2, 0.25) is 0 Å². The average molecular weight is 392 g/mol. The molecule has 2 aromatic carbocycles. The highest BCUT2D eigenvalue weighted by molar-refractivity contribution is 5.81. The van der Waals surface area contributed by atoms with Crippen molar-refractivity contribution in [3.8, 4) is 11.5 Å². The van der Waals surface area contributed by atoms with Crippen LogP contribution in [0.3, 0.4) is 0 Å². The maximum absolute atomic E-state index is 13.7. The smallest absolute Gasteiger partial charge is 0.226 e. The molecule has 29 heavy (non-hydrogen) atoms. The maximum atomic E-state index is 13.7. The molecule has 4 atom stereocenters. The van der Waals surface area contributed by atoms with Gasteiger partial charge in [0.1, 0.15) is 0 Å². The van der Waals surface area contributed by atoms with Crippen LogP contribution in [-0.4, -0.2) is 31.6 Å². The lowest BCUT2D eigenvalue weighted by atomic mass is 9.83. The Kier molecular flexibility index (Phi) is 4.73. The maximum Gasteiger partial charge on any atom is 0.226 e. The molecule has 0 saturated heterocycles. The zero-order valence-electron chi connectivity index (χ0n) is 17.3. The van der Waals surface area contributed by atoms with E-state index in [2.05, 4.69) is 41.3 Å². The van der Waals surface area contributed by atoms with Crippen molar-refractivity contribution < 1.29 is 14.3 Å². The first-order valence-electron chi connectivity index (χ1n) is 10.8. The van der Waals surface area contributed by atoms with Crippen LogP contribution in [0, 0.1) is 17.8 Å². The van der Waals surface area contributed by atoms with Gasteiger partial charge in [-0.3, -0.25) is 4.79 Å². The Balaban J connectivity index is 1.57. The van der Waals surface area contributed by atoms with E-state index in [1.54, 1.807) is 14.2 Å². The molecule has 2 fully saturated rings. The molecule has 1 aliphatic heterocycles. The van der Waals surface area contributed by atoms with Gasteiger partial charge in [0.05, 0.1) is 20.3 Å². The second kappa shape index (κ2) is 7.40. The van der Waals surface area contributed by atoms with Crippen molar-refractivity contribution in [2.45, 2.75) is 38.1 Å². The Bertz CT molecular complexity index is 910. The van der Waals surface area contributed by atoms with E-state index in [9.17, 15) is 4.79 Å². The standard InChI is InChI=1S/C25H29NO3/c1-28-22-14-19-10-11-26(25(27)21-13-16-8-9-18(21)12-16)24(17-6-4-3-5-7-17)20(19)15-23(22)29-2/h3-7,14-16,18,21,24H,8-13H2,1-2H3. The molecule has 4 nitrogen and oxygen atoms in total. The Morgan fingerprint density at radius 2 is 1.76 bits per heavy atom. The van der Waals surface area contributed by atoms with Crippen LogP contribution in [0.1, 0.15) is 48.4 Å². The Morgan fingerprint density at radius 1 is 1.00 bits per heavy atom. The predicted molar refractivity (Wildman–Crippen MR) is 112 cm³/mol. The molecule has 1 amide bonds. The molecule has 2 saturated carbocycles. The molecule has 0 aromatic heterocycles. The summed E-state index contributed by atoms with van der Waals surface area (Å²) >= 11 is 0. The molecule has 0 N–H and O–H groups in total. The molecule has 2 aliphatic carbocycles. The lowest BCUT2D eigenvalue weighted by Gasteiger charge is -2.40. The van der Waals surface area contributed by atoms with Gasteiger partial charge >= 0.3 is 0 Å². The number of ether oxygens (including phenoxy) is 2. The highest BCUT2D eigenvalue weighted by Crippen LogP contribution is 2.50. The van der Waals surface area contributed by atoms with E-state index < -0.39 is 0 Å². The zero-order valence-corrected chi connectivity index (χ0v) is 17.3. The Hall–Kier alpha value is -2.49. The van der Waals surface area contributed by atoms with Crippen molar-refractivity contribution in [1.29, 1.82) is 0 Å². The molecule has 4 unspecified atom stereocenters. The summed E-state index contributed by atoms with van der Waals surface area (Å²) in [6.07, 6.45) is 5.73. The molecule has 4 heteroatoms. The summed E-state index contributed by atoms with van der Waals surface area (Å²) in [4.78, 5) is 15.9. The summed E-state index contributed by atoms with van der Waals surface area (Å²) < 4.78 is 11.1. The average Bonchev–Trinajstić information content (AvgIpc) is 3.41. The summed E-state index contributed by atoms with van der Waals surface area (Å²) in [6, 6.07) is 14.5. The number of fused-ring (bicyclic) bond motifs is 3. The summed E-state index contributed by atoms with van der Waals surface area (Å²) in [5.41, 5.74) is 3.57. The van der Waals surface area contributed by atoms with Crippen molar-refractivity contribution in [2.75, 3.05) is 20.8 Å². The molecule has 0 spiro atoms. The van der Waals surface area contributed by atoms with E-state index >= 15 is 0 Å². The third kappa shape index (κ3) is 3.09. The van der Waals surface area contributed by atoms with Crippen LogP contribution >= 0.6 is 0 Å². The van der Waals surface area contributed by atoms with Crippen LogP contribution in [0.25, 0.3) is 0 Å². The summed E-state index contributed by atoms with van der Waals surface area (Å²) in [5, 5.41) is 0. The summed E-state index contributed by atoms with van der Waals surface area (Å²) in [6.45, 7) is 0.759. The van der Waals surface area contributed by atoms with Crippen molar-refractivity contribution in [3.05, 3.63) is 59.2 Å². The fourth-order valence-corrected chi connectivity index (χ4v) is 5.94. The molecule has 3 aliphatic rings. The summed E-state index contributed by atoms with van der Waals surface area (Å²) in [7, 11) is 3.34. The Labute approximate surface area is 172 Å². The number of nitrogens with zero attached hydrogens (tertiary/aromatic N) is 1. The predicted octanol–water partition coefficient (Wildman–Crippen LogP) is 4.61. The quantitative estimate of drug-likeness (QED) is 0.764. The molecule has 152 valence electrons. The largest absolute Gasteiger partial charge is 0.493 e. The second-order valence-corrected chi connectivity index (χ2v) is 8.78. The molecule has 1 heterocycles. The SMILES string of the molecule is COc1cc2c(cc1OC)C(c1ccccc1)N(C(=O)C1CC3CCC1C3)CC2. The number of methoxy groups -OCH3 is 2. The van der Waals surface area contributed by atoms with Gasteiger partial charge < -0.3 is 14.4 Å². The first-order valence-corrected chi connectivity index (χ1v) is 10.8. The highest BCUT2D eigenvalue weighted by atomic mass is 16.5. The van der Waals surface area contributed by atoms with Crippen LogP contribution in [0.15, 0.2) is 42.5 Å². The van der Waals surface area contributed by atoms with Gasteiger partial charge in [-0.2, -0.15) is 0 Å². The van der Waals surface area contributed by atoms with Gasteiger partial charge in [-0.1, -0.05) is 36.8 Å². The van der Waals surface area contributed by atoms with Crippen molar-refractivity contribution in [2.24, 2.45) is 17.8 Å². The first-order chi connectivity index (χ1) is 14.2. The minimum absolute atomic E-state index is 0.0635. The molecule has 2 aromatic rings. The van der Waals surface area contributed by atoms with Gasteiger partial charge in [0, 0.05) is 12.5 Å². The Morgan fingerprint density at radius 3 is 2.41 bits per heavy atom. The molecule has 5 rings (SSSR count). The number of benzene rings is 2. The molecule has 2 bridgehead atoms. The van der Waals surface area contributed by atoms with E-state index in [1.165, 1.54) is 24.8 Å². The van der Waals surface area contributed by atoms with E-state index in [-0.39, 0.29) is 12.0 Å². The normalized spacial score (nSPS) is 27.6. The fourth-order valence-electron chi connectivity index (χ4n) is 5.94. The minimum atomic E-state index is -0.0635. The number of rotatable bonds is 4. The van der Waals surface area contributed by atoms with Gasteiger partial charge in [-0.05, 0) is 66.3 Å². The van der Waals surface area contributed by atoms with Gasteiger partial charge in [0.15, 0.2) is 11.5 Å². The van der Waals surface area contributed by atoms with E-state index in [0.717, 1.165) is 47.9 Å². The minimum Gasteiger partial charge on any atom is -0.493 e. The van der Waals surface area contributed by atoms with Gasteiger partial charge in [-0.15, -0.1) is 0 Å². The van der Waals surface area contributed by atoms with Gasteiger partial charge in [0.25, 0.3) is 0 Å². The number of carbonyl (C=O) groups excluding carboxylic acids is 1. The van der Waals surface area contributed by atoms with E-state index in [1.807, 2.05) is 6.07 Å². The molecule has 0 radical (unpaired) electrons. The first kappa shape index (κ1) is 18.5. The van der Waals surface area contributed by atoms with Gasteiger partial charge in [0.2, 0.25) is 5.91 Å². The van der Waals surface area contributed by atoms with E-state index in [0.29, 0.717) is 11.8 Å². The molecular formula is C25H29NO3. The third-order valence-electron chi connectivity index (χ3n) is 7.33. The van der Waals surface area contributed by atoms with Crippen molar-refractivity contribution in [3.63, 3.8) is 0 Å². The lowest BCUT2D eigenvalue weighted by molar-refractivity contribution is -0.139. The van der Waals surface area contributed by atoms with Gasteiger partial charge in [-0.25, -0.2) is 0 Å². The third-order valence-corrected chi connectivity index (χ3v) is 7.33. The number of hydrogen-bond donors (Lipinski definition) is 0. The monoisotopic (exact) mass is 391 g/mol. The van der Waals surface area contributed by atoms with Crippen LogP contribution in [0.4, 0.5) is 0 Å². The van der Waals surface area contributed by atoms with Crippen LogP contribution in [-0.2, 0) is 11.2 Å². The van der Waals surface area contributed by atoms with Crippen LogP contribution in [0.5, 0.6) is 11.5 Å². The highest BCUT2D eigenvalue weighted by Gasteiger charge is 2.46. The van der Waals surface area contributed by atoms with Crippen molar-refractivity contribution >= 4 is 5.91 Å². The second-order valence-electron chi connectivity index (χ2n) is 8.78. The fraction of sp³-hybridized carbons (Fsp3) is 0.480. The van der Waals surface area contributed by atoms with Crippen LogP contribution < -0.4 is 9.47 Å². The number of hydrogen-bond acceptors (Lipinski definition) is 3. The van der Waals surface area contributed by atoms with Crippen molar-refractivity contribution in [1.82, 2.24) is 4.90 Å². The number of amides is 1. The summed E-state index contributed by atoms with van der Waals surface area (Å²) in [5.74, 6) is 3.40. The topological polar surface area (TPSA) is 38.8 Å². The number of carbonyl (C=O) groups is 1. The van der Waals surface area contributed by atoms with E-state index in [4.69, 9.17) is 9.47 Å².